The molecule has 0 heterocycles. The van der Waals surface area contributed by atoms with E-state index in [4.69, 9.17) is 4.74 Å². The number of carbonyl (C=O) groups excluding carboxylic acids is 1. The molecule has 0 spiro atoms. The highest BCUT2D eigenvalue weighted by atomic mass is 16.5. The van der Waals surface area contributed by atoms with Gasteiger partial charge >= 0.3 is 5.97 Å². The van der Waals surface area contributed by atoms with Gasteiger partial charge in [0.2, 0.25) is 0 Å². The molecule has 0 saturated heterocycles. The molecule has 1 aromatic rings. The van der Waals surface area contributed by atoms with E-state index >= 15 is 0 Å². The third-order valence-electron chi connectivity index (χ3n) is 1.98. The fourth-order valence-corrected chi connectivity index (χ4v) is 1.21. The lowest BCUT2D eigenvalue weighted by molar-refractivity contribution is -0.142. The monoisotopic (exact) mass is 190 g/mol. The molecule has 0 N–H and O–H groups in total. The molecule has 0 saturated carbocycles. The number of carbonyl (C=O) groups is 1. The van der Waals surface area contributed by atoms with Crippen LogP contribution < -0.4 is 0 Å². The number of esters is 1. The normalized spacial score (nSPS) is 11.9. The number of benzene rings is 1. The Hall–Kier alpha value is -1.57. The van der Waals surface area contributed by atoms with Crippen molar-refractivity contribution in [1.82, 2.24) is 0 Å². The number of hydrogen-bond donors (Lipinski definition) is 0. The maximum absolute atomic E-state index is 10.7. The van der Waals surface area contributed by atoms with Crippen LogP contribution in [0.25, 0.3) is 5.57 Å². The van der Waals surface area contributed by atoms with Crippen molar-refractivity contribution < 1.29 is 9.53 Å². The molecule has 1 aromatic carbocycles. The first-order valence-corrected chi connectivity index (χ1v) is 4.52. The van der Waals surface area contributed by atoms with Crippen LogP contribution in [-0.2, 0) is 9.53 Å². The van der Waals surface area contributed by atoms with E-state index in [-0.39, 0.29) is 12.1 Å². The van der Waals surface area contributed by atoms with E-state index in [9.17, 15) is 4.79 Å². The van der Waals surface area contributed by atoms with E-state index < -0.39 is 0 Å². The van der Waals surface area contributed by atoms with Crippen LogP contribution in [0.15, 0.2) is 36.9 Å². The molecular weight excluding hydrogens is 176 g/mol. The maximum Gasteiger partial charge on any atom is 0.303 e. The molecule has 0 aromatic heterocycles. The summed E-state index contributed by atoms with van der Waals surface area (Å²) in [4.78, 5) is 10.7. The summed E-state index contributed by atoms with van der Waals surface area (Å²) >= 11 is 0. The molecule has 0 radical (unpaired) electrons. The van der Waals surface area contributed by atoms with Gasteiger partial charge in [0.25, 0.3) is 0 Å². The second kappa shape index (κ2) is 4.61. The predicted octanol–water partition coefficient (Wildman–Crippen LogP) is 2.65. The molecule has 0 fully saturated rings. The van der Waals surface area contributed by atoms with Crippen molar-refractivity contribution in [2.75, 3.05) is 0 Å². The largest absolute Gasteiger partial charge is 0.458 e. The van der Waals surface area contributed by atoms with Crippen LogP contribution >= 0.6 is 0 Å². The Balaban J connectivity index is 2.71. The van der Waals surface area contributed by atoms with Crippen molar-refractivity contribution in [3.05, 3.63) is 42.5 Å². The average Bonchev–Trinajstić information content (AvgIpc) is 2.17. The molecule has 0 aliphatic carbocycles. The van der Waals surface area contributed by atoms with Crippen molar-refractivity contribution in [1.29, 1.82) is 0 Å². The van der Waals surface area contributed by atoms with Crippen molar-refractivity contribution in [3.8, 4) is 0 Å². The predicted molar refractivity (Wildman–Crippen MR) is 56.7 cm³/mol. The zero-order valence-electron chi connectivity index (χ0n) is 8.49. The zero-order valence-corrected chi connectivity index (χ0v) is 8.49. The summed E-state index contributed by atoms with van der Waals surface area (Å²) in [5, 5.41) is 0. The SMILES string of the molecule is C=C(c1ccccc1)[C@@H](C)OC(C)=O. The summed E-state index contributed by atoms with van der Waals surface area (Å²) in [5.41, 5.74) is 1.82. The van der Waals surface area contributed by atoms with Crippen LogP contribution in [-0.4, -0.2) is 12.1 Å². The highest BCUT2D eigenvalue weighted by Crippen LogP contribution is 2.17. The highest BCUT2D eigenvalue weighted by molar-refractivity contribution is 5.72. The summed E-state index contributed by atoms with van der Waals surface area (Å²) in [6, 6.07) is 9.69. The van der Waals surface area contributed by atoms with Gasteiger partial charge in [-0.3, -0.25) is 4.79 Å². The molecule has 74 valence electrons. The molecule has 0 unspecified atom stereocenters. The Labute approximate surface area is 84.2 Å². The standard InChI is InChI=1S/C12H14O2/c1-9(10(2)14-11(3)13)12-7-5-4-6-8-12/h4-8,10H,1H2,2-3H3/t10-/m1/s1. The zero-order chi connectivity index (χ0) is 10.6. The first kappa shape index (κ1) is 10.5. The lowest BCUT2D eigenvalue weighted by Gasteiger charge is -2.14. The minimum Gasteiger partial charge on any atom is -0.458 e. The van der Waals surface area contributed by atoms with Gasteiger partial charge in [0.15, 0.2) is 0 Å². The van der Waals surface area contributed by atoms with Gasteiger partial charge in [-0.25, -0.2) is 0 Å². The van der Waals surface area contributed by atoms with Crippen LogP contribution in [0.1, 0.15) is 19.4 Å². The van der Waals surface area contributed by atoms with Crippen molar-refractivity contribution in [3.63, 3.8) is 0 Å². The first-order chi connectivity index (χ1) is 6.61. The van der Waals surface area contributed by atoms with Gasteiger partial charge in [0.05, 0.1) is 0 Å². The number of rotatable bonds is 3. The molecule has 0 amide bonds. The maximum atomic E-state index is 10.7. The summed E-state index contributed by atoms with van der Waals surface area (Å²) in [7, 11) is 0. The number of ether oxygens (including phenoxy) is 1. The first-order valence-electron chi connectivity index (χ1n) is 4.52. The lowest BCUT2D eigenvalue weighted by atomic mass is 10.0. The Morgan fingerprint density at radius 2 is 1.93 bits per heavy atom. The molecule has 1 rings (SSSR count). The molecule has 2 nitrogen and oxygen atoms in total. The summed E-state index contributed by atoms with van der Waals surface area (Å²) < 4.78 is 5.03. The van der Waals surface area contributed by atoms with Crippen LogP contribution in [0, 0.1) is 0 Å². The van der Waals surface area contributed by atoms with Gasteiger partial charge in [-0.15, -0.1) is 0 Å². The van der Waals surface area contributed by atoms with Crippen LogP contribution in [0.2, 0.25) is 0 Å². The summed E-state index contributed by atoms with van der Waals surface area (Å²) in [5.74, 6) is -0.283. The van der Waals surface area contributed by atoms with E-state index in [1.54, 1.807) is 0 Å². The van der Waals surface area contributed by atoms with Gasteiger partial charge < -0.3 is 4.74 Å². The summed E-state index contributed by atoms with van der Waals surface area (Å²) in [6.07, 6.45) is -0.269. The van der Waals surface area contributed by atoms with E-state index in [1.165, 1.54) is 6.92 Å². The lowest BCUT2D eigenvalue weighted by Crippen LogP contribution is -2.13. The smallest absolute Gasteiger partial charge is 0.303 e. The average molecular weight is 190 g/mol. The fraction of sp³-hybridized carbons (Fsp3) is 0.250. The van der Waals surface area contributed by atoms with Crippen LogP contribution in [0.4, 0.5) is 0 Å². The third-order valence-corrected chi connectivity index (χ3v) is 1.98. The van der Waals surface area contributed by atoms with Crippen LogP contribution in [0.5, 0.6) is 0 Å². The minimum absolute atomic E-state index is 0.269. The molecule has 14 heavy (non-hydrogen) atoms. The van der Waals surface area contributed by atoms with E-state index in [0.29, 0.717) is 0 Å². The van der Waals surface area contributed by atoms with E-state index in [2.05, 4.69) is 6.58 Å². The quantitative estimate of drug-likeness (QED) is 0.685. The topological polar surface area (TPSA) is 26.3 Å². The Morgan fingerprint density at radius 3 is 2.43 bits per heavy atom. The Bertz CT molecular complexity index is 327. The number of hydrogen-bond acceptors (Lipinski definition) is 2. The third kappa shape index (κ3) is 2.73. The van der Waals surface area contributed by atoms with E-state index in [0.717, 1.165) is 11.1 Å². The Morgan fingerprint density at radius 1 is 1.36 bits per heavy atom. The molecule has 2 heteroatoms. The fourth-order valence-electron chi connectivity index (χ4n) is 1.21. The molecule has 0 aliphatic heterocycles. The molecule has 0 aliphatic rings. The minimum atomic E-state index is -0.283. The van der Waals surface area contributed by atoms with Gasteiger partial charge in [0, 0.05) is 6.92 Å². The van der Waals surface area contributed by atoms with Crippen molar-refractivity contribution >= 4 is 11.5 Å². The van der Waals surface area contributed by atoms with Crippen LogP contribution in [0.3, 0.4) is 0 Å². The summed E-state index contributed by atoms with van der Waals surface area (Å²) in [6.45, 7) is 7.11. The van der Waals surface area contributed by atoms with Crippen molar-refractivity contribution in [2.24, 2.45) is 0 Å². The van der Waals surface area contributed by atoms with Gasteiger partial charge in [0.1, 0.15) is 6.10 Å². The second-order valence-electron chi connectivity index (χ2n) is 3.14. The molecular formula is C12H14O2. The molecule has 0 bridgehead atoms. The van der Waals surface area contributed by atoms with Crippen molar-refractivity contribution in [2.45, 2.75) is 20.0 Å². The van der Waals surface area contributed by atoms with E-state index in [1.807, 2.05) is 37.3 Å². The highest BCUT2D eigenvalue weighted by Gasteiger charge is 2.10. The second-order valence-corrected chi connectivity index (χ2v) is 3.14. The molecule has 1 atom stereocenters. The van der Waals surface area contributed by atoms with Gasteiger partial charge in [-0.2, -0.15) is 0 Å². The van der Waals surface area contributed by atoms with Gasteiger partial charge in [-0.05, 0) is 18.1 Å². The Kier molecular flexibility index (Phi) is 3.46. The van der Waals surface area contributed by atoms with Gasteiger partial charge in [-0.1, -0.05) is 36.9 Å².